The Bertz CT molecular complexity index is 427. The van der Waals surface area contributed by atoms with Crippen LogP contribution in [0.1, 0.15) is 38.9 Å². The van der Waals surface area contributed by atoms with Crippen LogP contribution in [0.5, 0.6) is 0 Å². The molecular formula is C13H22N4O3. The third-order valence-corrected chi connectivity index (χ3v) is 3.40. The number of H-pyrrole nitrogens is 1. The molecule has 0 saturated heterocycles. The molecule has 0 fully saturated rings. The number of imidazole rings is 1. The lowest BCUT2D eigenvalue weighted by molar-refractivity contribution is -0.144. The molecule has 1 rings (SSSR count). The Kier molecular flexibility index (Phi) is 6.02. The van der Waals surface area contributed by atoms with E-state index in [9.17, 15) is 14.7 Å². The molecule has 7 heteroatoms. The first-order chi connectivity index (χ1) is 9.54. The SMILES string of the molecule is CCC(CC)(NC(=O)NCCCc1ncc[nH]1)C(=O)O. The molecule has 2 amide bonds. The molecule has 0 atom stereocenters. The van der Waals surface area contributed by atoms with Crippen LogP contribution in [0.4, 0.5) is 4.79 Å². The van der Waals surface area contributed by atoms with Gasteiger partial charge < -0.3 is 20.7 Å². The zero-order valence-electron chi connectivity index (χ0n) is 11.9. The van der Waals surface area contributed by atoms with Gasteiger partial charge >= 0.3 is 12.0 Å². The summed E-state index contributed by atoms with van der Waals surface area (Å²) in [4.78, 5) is 30.0. The van der Waals surface area contributed by atoms with Gasteiger partial charge in [0.2, 0.25) is 0 Å². The minimum atomic E-state index is -1.19. The number of aromatic amines is 1. The van der Waals surface area contributed by atoms with Crippen molar-refractivity contribution in [3.8, 4) is 0 Å². The fraction of sp³-hybridized carbons (Fsp3) is 0.615. The van der Waals surface area contributed by atoms with Crippen LogP contribution >= 0.6 is 0 Å². The van der Waals surface area contributed by atoms with Crippen molar-refractivity contribution in [2.24, 2.45) is 0 Å². The van der Waals surface area contributed by atoms with Crippen molar-refractivity contribution in [1.29, 1.82) is 0 Å². The van der Waals surface area contributed by atoms with Crippen molar-refractivity contribution in [3.63, 3.8) is 0 Å². The smallest absolute Gasteiger partial charge is 0.329 e. The van der Waals surface area contributed by atoms with Crippen LogP contribution in [0, 0.1) is 0 Å². The number of aliphatic carboxylic acids is 1. The molecule has 112 valence electrons. The van der Waals surface area contributed by atoms with Crippen LogP contribution in [0.25, 0.3) is 0 Å². The second kappa shape index (κ2) is 7.52. The number of hydrogen-bond acceptors (Lipinski definition) is 3. The highest BCUT2D eigenvalue weighted by molar-refractivity contribution is 5.86. The number of nitrogens with zero attached hydrogens (tertiary/aromatic N) is 1. The summed E-state index contributed by atoms with van der Waals surface area (Å²) in [5.41, 5.74) is -1.19. The fourth-order valence-electron chi connectivity index (χ4n) is 1.94. The summed E-state index contributed by atoms with van der Waals surface area (Å²) in [6, 6.07) is -0.449. The van der Waals surface area contributed by atoms with Crippen LogP contribution in [0.2, 0.25) is 0 Å². The largest absolute Gasteiger partial charge is 0.480 e. The Labute approximate surface area is 118 Å². The number of aromatic nitrogens is 2. The van der Waals surface area contributed by atoms with Crippen LogP contribution < -0.4 is 10.6 Å². The third kappa shape index (κ3) is 4.25. The summed E-state index contributed by atoms with van der Waals surface area (Å²) in [7, 11) is 0. The Morgan fingerprint density at radius 3 is 2.60 bits per heavy atom. The van der Waals surface area contributed by atoms with E-state index in [1.165, 1.54) is 0 Å². The van der Waals surface area contributed by atoms with E-state index in [2.05, 4.69) is 20.6 Å². The number of carboxylic acid groups (broad SMARTS) is 1. The van der Waals surface area contributed by atoms with Crippen LogP contribution in [-0.2, 0) is 11.2 Å². The number of rotatable bonds is 8. The van der Waals surface area contributed by atoms with Crippen molar-refractivity contribution < 1.29 is 14.7 Å². The Balaban J connectivity index is 2.33. The average molecular weight is 282 g/mol. The van der Waals surface area contributed by atoms with E-state index in [1.54, 1.807) is 26.2 Å². The average Bonchev–Trinajstić information content (AvgIpc) is 2.94. The van der Waals surface area contributed by atoms with Gasteiger partial charge in [0.05, 0.1) is 0 Å². The molecule has 1 aromatic rings. The van der Waals surface area contributed by atoms with Crippen LogP contribution in [0.15, 0.2) is 12.4 Å². The zero-order valence-corrected chi connectivity index (χ0v) is 11.9. The number of hydrogen-bond donors (Lipinski definition) is 4. The van der Waals surface area contributed by atoms with E-state index in [0.29, 0.717) is 19.4 Å². The number of aryl methyl sites for hydroxylation is 1. The third-order valence-electron chi connectivity index (χ3n) is 3.40. The predicted molar refractivity (Wildman–Crippen MR) is 74.4 cm³/mol. The van der Waals surface area contributed by atoms with Gasteiger partial charge in [-0.3, -0.25) is 0 Å². The van der Waals surface area contributed by atoms with Gasteiger partial charge in [0.1, 0.15) is 11.4 Å². The number of carboxylic acids is 1. The van der Waals surface area contributed by atoms with E-state index in [4.69, 9.17) is 0 Å². The molecule has 0 spiro atoms. The standard InChI is InChI=1S/C13H22N4O3/c1-3-13(4-2,11(18)19)17-12(20)16-7-5-6-10-14-8-9-15-10/h8-9H,3-7H2,1-2H3,(H,14,15)(H,18,19)(H2,16,17,20). The lowest BCUT2D eigenvalue weighted by atomic mass is 9.93. The number of carbonyl (C=O) groups is 2. The van der Waals surface area contributed by atoms with Crippen molar-refractivity contribution in [1.82, 2.24) is 20.6 Å². The second-order valence-electron chi connectivity index (χ2n) is 4.61. The van der Waals surface area contributed by atoms with Gasteiger partial charge in [0.15, 0.2) is 0 Å². The molecule has 1 aromatic heterocycles. The summed E-state index contributed by atoms with van der Waals surface area (Å²) in [5, 5.41) is 14.4. The summed E-state index contributed by atoms with van der Waals surface area (Å²) >= 11 is 0. The molecule has 0 aliphatic heterocycles. The molecular weight excluding hydrogens is 260 g/mol. The molecule has 1 heterocycles. The highest BCUT2D eigenvalue weighted by Crippen LogP contribution is 2.15. The first-order valence-corrected chi connectivity index (χ1v) is 6.81. The molecule has 0 aromatic carbocycles. The molecule has 0 aliphatic rings. The summed E-state index contributed by atoms with van der Waals surface area (Å²) in [6.07, 6.45) is 5.59. The van der Waals surface area contributed by atoms with Gasteiger partial charge in [-0.15, -0.1) is 0 Å². The second-order valence-corrected chi connectivity index (χ2v) is 4.61. The van der Waals surface area contributed by atoms with Crippen molar-refractivity contribution in [2.75, 3.05) is 6.54 Å². The maximum absolute atomic E-state index is 11.7. The van der Waals surface area contributed by atoms with E-state index >= 15 is 0 Å². The first kappa shape index (κ1) is 16.0. The van der Waals surface area contributed by atoms with E-state index in [0.717, 1.165) is 18.7 Å². The Morgan fingerprint density at radius 2 is 2.10 bits per heavy atom. The normalized spacial score (nSPS) is 11.1. The summed E-state index contributed by atoms with van der Waals surface area (Å²) < 4.78 is 0. The molecule has 0 saturated carbocycles. The zero-order chi connectivity index (χ0) is 15.0. The number of urea groups is 1. The van der Waals surface area contributed by atoms with E-state index in [-0.39, 0.29) is 0 Å². The van der Waals surface area contributed by atoms with Gasteiger partial charge in [0, 0.05) is 25.4 Å². The highest BCUT2D eigenvalue weighted by atomic mass is 16.4. The van der Waals surface area contributed by atoms with Crippen LogP contribution in [-0.4, -0.2) is 39.2 Å². The molecule has 0 radical (unpaired) electrons. The molecule has 4 N–H and O–H groups in total. The summed E-state index contributed by atoms with van der Waals surface area (Å²) in [6.45, 7) is 3.96. The van der Waals surface area contributed by atoms with Crippen molar-refractivity contribution >= 4 is 12.0 Å². The lowest BCUT2D eigenvalue weighted by Gasteiger charge is -2.28. The van der Waals surface area contributed by atoms with Gasteiger partial charge in [-0.2, -0.15) is 0 Å². The minimum Gasteiger partial charge on any atom is -0.480 e. The quantitative estimate of drug-likeness (QED) is 0.539. The molecule has 20 heavy (non-hydrogen) atoms. The van der Waals surface area contributed by atoms with Gasteiger partial charge in [-0.05, 0) is 19.3 Å². The monoisotopic (exact) mass is 282 g/mol. The van der Waals surface area contributed by atoms with Crippen LogP contribution in [0.3, 0.4) is 0 Å². The molecule has 0 unspecified atom stereocenters. The van der Waals surface area contributed by atoms with Crippen molar-refractivity contribution in [2.45, 2.75) is 45.1 Å². The molecule has 0 aliphatic carbocycles. The first-order valence-electron chi connectivity index (χ1n) is 6.81. The maximum atomic E-state index is 11.7. The predicted octanol–water partition coefficient (Wildman–Crippen LogP) is 1.28. The lowest BCUT2D eigenvalue weighted by Crippen LogP contribution is -2.56. The fourth-order valence-corrected chi connectivity index (χ4v) is 1.94. The van der Waals surface area contributed by atoms with Crippen molar-refractivity contribution in [3.05, 3.63) is 18.2 Å². The topological polar surface area (TPSA) is 107 Å². The number of carbonyl (C=O) groups excluding carboxylic acids is 1. The van der Waals surface area contributed by atoms with Gasteiger partial charge in [-0.25, -0.2) is 14.6 Å². The highest BCUT2D eigenvalue weighted by Gasteiger charge is 2.36. The number of amides is 2. The molecule has 7 nitrogen and oxygen atoms in total. The molecule has 0 bridgehead atoms. The summed E-state index contributed by atoms with van der Waals surface area (Å²) in [5.74, 6) is -0.137. The van der Waals surface area contributed by atoms with Gasteiger partial charge in [-0.1, -0.05) is 13.8 Å². The van der Waals surface area contributed by atoms with E-state index in [1.807, 2.05) is 0 Å². The van der Waals surface area contributed by atoms with E-state index < -0.39 is 17.5 Å². The minimum absolute atomic E-state index is 0.346. The maximum Gasteiger partial charge on any atom is 0.329 e. The number of nitrogens with one attached hydrogen (secondary N) is 3. The Morgan fingerprint density at radius 1 is 1.40 bits per heavy atom. The Hall–Kier alpha value is -2.05. The van der Waals surface area contributed by atoms with Gasteiger partial charge in [0.25, 0.3) is 0 Å².